The summed E-state index contributed by atoms with van der Waals surface area (Å²) in [4.78, 5) is 3.43. The monoisotopic (exact) mass is 213 g/mol. The van der Waals surface area contributed by atoms with Gasteiger partial charge in [-0.05, 0) is 31.2 Å². The molecule has 0 radical (unpaired) electrons. The van der Waals surface area contributed by atoms with Crippen LogP contribution in [-0.4, -0.2) is 16.9 Å². The van der Waals surface area contributed by atoms with Gasteiger partial charge < -0.3 is 4.74 Å². The van der Waals surface area contributed by atoms with Crippen LogP contribution in [0.5, 0.6) is 5.75 Å². The van der Waals surface area contributed by atoms with Crippen LogP contribution in [0.4, 0.5) is 5.69 Å². The van der Waals surface area contributed by atoms with Gasteiger partial charge in [0.15, 0.2) is 0 Å². The van der Waals surface area contributed by atoms with E-state index in [2.05, 4.69) is 9.94 Å². The van der Waals surface area contributed by atoms with Crippen LogP contribution >= 0.6 is 0 Å². The van der Waals surface area contributed by atoms with Gasteiger partial charge in [0.1, 0.15) is 5.75 Å². The van der Waals surface area contributed by atoms with Gasteiger partial charge in [-0.1, -0.05) is 0 Å². The molecule has 1 aromatic heterocycles. The lowest BCUT2D eigenvalue weighted by atomic mass is 10.2. The summed E-state index contributed by atoms with van der Waals surface area (Å²) >= 11 is 0. The second-order valence-electron chi connectivity index (χ2n) is 3.35. The zero-order valence-corrected chi connectivity index (χ0v) is 9.14. The van der Waals surface area contributed by atoms with E-state index in [4.69, 9.17) is 11.3 Å². The molecule has 0 atom stereocenters. The molecule has 2 rings (SSSR count). The molecule has 80 valence electrons. The molecule has 0 aliphatic carbocycles. The molecule has 16 heavy (non-hydrogen) atoms. The maximum atomic E-state index is 7.08. The smallest absolute Gasteiger partial charge is 0.230 e. The summed E-state index contributed by atoms with van der Waals surface area (Å²) in [5, 5.41) is 4.19. The summed E-state index contributed by atoms with van der Waals surface area (Å²) in [6.45, 7) is 9.05. The number of aryl methyl sites for hydroxylation is 1. The molecule has 1 heterocycles. The normalized spacial score (nSPS) is 9.81. The molecule has 0 amide bonds. The summed E-state index contributed by atoms with van der Waals surface area (Å²) in [6, 6.07) is 7.35. The molecule has 0 saturated carbocycles. The molecule has 0 spiro atoms. The molecule has 0 fully saturated rings. The number of hydrogen-bond acceptors (Lipinski definition) is 2. The Morgan fingerprint density at radius 2 is 2.19 bits per heavy atom. The predicted octanol–water partition coefficient (Wildman–Crippen LogP) is 2.74. The van der Waals surface area contributed by atoms with E-state index in [1.807, 2.05) is 19.1 Å². The Bertz CT molecular complexity index is 552. The number of nitrogens with zero attached hydrogens (tertiary/aromatic N) is 3. The minimum absolute atomic E-state index is 0.495. The maximum absolute atomic E-state index is 7.08. The van der Waals surface area contributed by atoms with Gasteiger partial charge in [0.25, 0.3) is 0 Å². The Hall–Kier alpha value is -2.28. The van der Waals surface area contributed by atoms with Crippen molar-refractivity contribution in [1.82, 2.24) is 9.78 Å². The highest BCUT2D eigenvalue weighted by molar-refractivity contribution is 5.62. The first-order valence-electron chi connectivity index (χ1n) is 4.83. The largest absolute Gasteiger partial charge is 0.508 e. The predicted molar refractivity (Wildman–Crippen MR) is 61.1 cm³/mol. The summed E-state index contributed by atoms with van der Waals surface area (Å²) in [6.07, 6.45) is 1.73. The van der Waals surface area contributed by atoms with Crippen molar-refractivity contribution >= 4 is 5.69 Å². The molecular weight excluding hydrogens is 202 g/mol. The molecule has 1 aromatic carbocycles. The van der Waals surface area contributed by atoms with Gasteiger partial charge in [-0.15, -0.1) is 0 Å². The molecule has 0 N–H and O–H groups in total. The first-order chi connectivity index (χ1) is 7.76. The van der Waals surface area contributed by atoms with Gasteiger partial charge in [-0.25, -0.2) is 9.53 Å². The molecule has 2 aromatic rings. The van der Waals surface area contributed by atoms with Crippen molar-refractivity contribution in [2.75, 3.05) is 7.11 Å². The SMILES string of the molecule is [C-]#[N+]c1cc(-n2nccc2C)ccc1OC. The number of rotatable bonds is 2. The molecule has 0 saturated heterocycles. The number of methoxy groups -OCH3 is 1. The first kappa shape index (κ1) is 10.2. The van der Waals surface area contributed by atoms with Crippen LogP contribution in [0, 0.1) is 13.5 Å². The molecule has 0 bridgehead atoms. The van der Waals surface area contributed by atoms with Crippen molar-refractivity contribution in [3.63, 3.8) is 0 Å². The van der Waals surface area contributed by atoms with Crippen molar-refractivity contribution in [3.8, 4) is 11.4 Å². The zero-order valence-electron chi connectivity index (χ0n) is 9.14. The molecule has 4 heteroatoms. The van der Waals surface area contributed by atoms with Crippen molar-refractivity contribution in [1.29, 1.82) is 0 Å². The number of hydrogen-bond donors (Lipinski definition) is 0. The highest BCUT2D eigenvalue weighted by Gasteiger charge is 2.06. The first-order valence-corrected chi connectivity index (χ1v) is 4.83. The Morgan fingerprint density at radius 3 is 2.75 bits per heavy atom. The molecule has 0 aliphatic rings. The Morgan fingerprint density at radius 1 is 1.38 bits per heavy atom. The van der Waals surface area contributed by atoms with Crippen LogP contribution in [0.2, 0.25) is 0 Å². The fraction of sp³-hybridized carbons (Fsp3) is 0.167. The Kier molecular flexibility index (Phi) is 2.61. The fourth-order valence-corrected chi connectivity index (χ4v) is 1.54. The van der Waals surface area contributed by atoms with E-state index < -0.39 is 0 Å². The van der Waals surface area contributed by atoms with Crippen molar-refractivity contribution in [2.45, 2.75) is 6.92 Å². The number of benzene rings is 1. The molecule has 0 aliphatic heterocycles. The van der Waals surface area contributed by atoms with Gasteiger partial charge >= 0.3 is 0 Å². The van der Waals surface area contributed by atoms with Crippen LogP contribution in [0.15, 0.2) is 30.5 Å². The van der Waals surface area contributed by atoms with Crippen molar-refractivity contribution < 1.29 is 4.74 Å². The summed E-state index contributed by atoms with van der Waals surface area (Å²) in [5.74, 6) is 0.587. The highest BCUT2D eigenvalue weighted by atomic mass is 16.5. The minimum atomic E-state index is 0.495. The van der Waals surface area contributed by atoms with E-state index in [-0.39, 0.29) is 0 Å². The van der Waals surface area contributed by atoms with E-state index in [0.717, 1.165) is 11.4 Å². The van der Waals surface area contributed by atoms with Crippen LogP contribution in [-0.2, 0) is 0 Å². The summed E-state index contributed by atoms with van der Waals surface area (Å²) in [5.41, 5.74) is 2.39. The third kappa shape index (κ3) is 1.63. The average Bonchev–Trinajstić information content (AvgIpc) is 2.74. The van der Waals surface area contributed by atoms with E-state index in [1.165, 1.54) is 0 Å². The van der Waals surface area contributed by atoms with E-state index in [9.17, 15) is 0 Å². The topological polar surface area (TPSA) is 31.4 Å². The van der Waals surface area contributed by atoms with E-state index >= 15 is 0 Å². The molecule has 4 nitrogen and oxygen atoms in total. The Balaban J connectivity index is 2.53. The number of aromatic nitrogens is 2. The van der Waals surface area contributed by atoms with Gasteiger partial charge in [-0.3, -0.25) is 0 Å². The lowest BCUT2D eigenvalue weighted by Crippen LogP contribution is -1.98. The molecular formula is C12H11N3O. The quantitative estimate of drug-likeness (QED) is 0.718. The van der Waals surface area contributed by atoms with Crippen molar-refractivity contribution in [3.05, 3.63) is 47.6 Å². The standard InChI is InChI=1S/C12H11N3O/c1-9-6-7-14-15(9)10-4-5-12(16-3)11(8-10)13-2/h4-8H,1,3H3. The third-order valence-electron chi connectivity index (χ3n) is 2.36. The lowest BCUT2D eigenvalue weighted by molar-refractivity contribution is 0.417. The molecule has 0 unspecified atom stereocenters. The van der Waals surface area contributed by atoms with Crippen LogP contribution < -0.4 is 4.74 Å². The van der Waals surface area contributed by atoms with E-state index in [0.29, 0.717) is 11.4 Å². The summed E-state index contributed by atoms with van der Waals surface area (Å²) < 4.78 is 6.88. The highest BCUT2D eigenvalue weighted by Crippen LogP contribution is 2.29. The maximum Gasteiger partial charge on any atom is 0.230 e. The van der Waals surface area contributed by atoms with Crippen LogP contribution in [0.3, 0.4) is 0 Å². The van der Waals surface area contributed by atoms with Gasteiger partial charge in [0.2, 0.25) is 5.69 Å². The van der Waals surface area contributed by atoms with Crippen LogP contribution in [0.1, 0.15) is 5.69 Å². The van der Waals surface area contributed by atoms with Crippen LogP contribution in [0.25, 0.3) is 10.5 Å². The fourth-order valence-electron chi connectivity index (χ4n) is 1.54. The van der Waals surface area contributed by atoms with Gasteiger partial charge in [0, 0.05) is 11.9 Å². The minimum Gasteiger partial charge on any atom is -0.508 e. The van der Waals surface area contributed by atoms with Gasteiger partial charge in [0.05, 0.1) is 19.4 Å². The second kappa shape index (κ2) is 4.07. The average molecular weight is 213 g/mol. The lowest BCUT2D eigenvalue weighted by Gasteiger charge is -2.07. The summed E-state index contributed by atoms with van der Waals surface area (Å²) in [7, 11) is 1.56. The van der Waals surface area contributed by atoms with Gasteiger partial charge in [-0.2, -0.15) is 5.10 Å². The second-order valence-corrected chi connectivity index (χ2v) is 3.35. The Labute approximate surface area is 93.9 Å². The zero-order chi connectivity index (χ0) is 11.5. The van der Waals surface area contributed by atoms with Crippen molar-refractivity contribution in [2.24, 2.45) is 0 Å². The third-order valence-corrected chi connectivity index (χ3v) is 2.36. The number of ether oxygens (including phenoxy) is 1. The van der Waals surface area contributed by atoms with E-state index in [1.54, 1.807) is 30.1 Å².